The van der Waals surface area contributed by atoms with E-state index in [1.54, 1.807) is 6.08 Å². The molecule has 0 spiro atoms. The van der Waals surface area contributed by atoms with E-state index in [2.05, 4.69) is 15.6 Å². The third-order valence-corrected chi connectivity index (χ3v) is 7.01. The zero-order valence-electron chi connectivity index (χ0n) is 20.9. The molecule has 2 aromatic carbocycles. The SMILES string of the molecule is CNS(=O)(=O)Nc1nccc(Cc2cc(C(=O)NCC=C(C)C)c(Nc3ccc(I)cc3F)c(F)c2F)c1F. The van der Waals surface area contributed by atoms with E-state index in [-0.39, 0.29) is 23.4 Å². The molecule has 0 bridgehead atoms. The van der Waals surface area contributed by atoms with Gasteiger partial charge in [0.2, 0.25) is 0 Å². The van der Waals surface area contributed by atoms with Gasteiger partial charge in [0.15, 0.2) is 23.3 Å². The Labute approximate surface area is 236 Å². The molecular formula is C25H24F4IN5O3S. The zero-order valence-corrected chi connectivity index (χ0v) is 23.9. The van der Waals surface area contributed by atoms with Gasteiger partial charge in [0.05, 0.1) is 16.9 Å². The molecule has 1 heterocycles. The summed E-state index contributed by atoms with van der Waals surface area (Å²) in [6, 6.07) is 6.21. The normalized spacial score (nSPS) is 11.2. The molecule has 0 unspecified atom stereocenters. The van der Waals surface area contributed by atoms with Gasteiger partial charge in [-0.15, -0.1) is 0 Å². The third-order valence-electron chi connectivity index (χ3n) is 5.34. The highest BCUT2D eigenvalue weighted by atomic mass is 127. The maximum absolute atomic E-state index is 15.4. The molecule has 0 saturated heterocycles. The van der Waals surface area contributed by atoms with Crippen molar-refractivity contribution in [1.82, 2.24) is 15.0 Å². The van der Waals surface area contributed by atoms with Crippen LogP contribution in [-0.4, -0.2) is 32.9 Å². The molecule has 0 aliphatic rings. The molecule has 0 aliphatic heterocycles. The number of carbonyl (C=O) groups excluding carboxylic acids is 1. The summed E-state index contributed by atoms with van der Waals surface area (Å²) < 4.78 is 88.1. The van der Waals surface area contributed by atoms with Crippen molar-refractivity contribution in [3.63, 3.8) is 0 Å². The second kappa shape index (κ2) is 12.7. The van der Waals surface area contributed by atoms with Crippen molar-refractivity contribution >= 4 is 55.9 Å². The maximum atomic E-state index is 15.4. The number of aromatic nitrogens is 1. The Kier molecular flexibility index (Phi) is 9.90. The first-order chi connectivity index (χ1) is 18.3. The third kappa shape index (κ3) is 7.67. The number of hydrogen-bond acceptors (Lipinski definition) is 5. The summed E-state index contributed by atoms with van der Waals surface area (Å²) >= 11 is 1.88. The average Bonchev–Trinajstić information content (AvgIpc) is 2.86. The van der Waals surface area contributed by atoms with Gasteiger partial charge in [-0.25, -0.2) is 27.3 Å². The number of rotatable bonds is 10. The predicted molar refractivity (Wildman–Crippen MR) is 149 cm³/mol. The molecule has 0 aliphatic carbocycles. The van der Waals surface area contributed by atoms with Gasteiger partial charge in [-0.3, -0.25) is 9.52 Å². The Morgan fingerprint density at radius 1 is 1.03 bits per heavy atom. The van der Waals surface area contributed by atoms with Crippen LogP contribution in [0, 0.1) is 26.8 Å². The molecule has 4 N–H and O–H groups in total. The molecule has 8 nitrogen and oxygen atoms in total. The largest absolute Gasteiger partial charge is 0.350 e. The first-order valence-electron chi connectivity index (χ1n) is 11.3. The lowest BCUT2D eigenvalue weighted by molar-refractivity contribution is 0.0958. The molecule has 0 radical (unpaired) electrons. The minimum Gasteiger partial charge on any atom is -0.350 e. The molecule has 1 aromatic heterocycles. The van der Waals surface area contributed by atoms with Crippen molar-refractivity contribution in [2.75, 3.05) is 23.6 Å². The zero-order chi connectivity index (χ0) is 28.9. The van der Waals surface area contributed by atoms with Gasteiger partial charge in [-0.1, -0.05) is 11.6 Å². The molecule has 0 saturated carbocycles. The van der Waals surface area contributed by atoms with Crippen molar-refractivity contribution in [3.05, 3.63) is 91.7 Å². The van der Waals surface area contributed by atoms with Crippen molar-refractivity contribution < 1.29 is 30.8 Å². The fraction of sp³-hybridized carbons (Fsp3) is 0.200. The highest BCUT2D eigenvalue weighted by Crippen LogP contribution is 2.32. The van der Waals surface area contributed by atoms with E-state index in [1.165, 1.54) is 18.2 Å². The smallest absolute Gasteiger partial charge is 0.300 e. The van der Waals surface area contributed by atoms with Crippen molar-refractivity contribution in [2.45, 2.75) is 20.3 Å². The van der Waals surface area contributed by atoms with Crippen LogP contribution < -0.4 is 20.1 Å². The summed E-state index contributed by atoms with van der Waals surface area (Å²) in [6.45, 7) is 3.70. The number of pyridine rings is 1. The van der Waals surface area contributed by atoms with E-state index >= 15 is 13.2 Å². The Morgan fingerprint density at radius 2 is 1.74 bits per heavy atom. The van der Waals surface area contributed by atoms with E-state index in [0.29, 0.717) is 3.57 Å². The first kappa shape index (κ1) is 30.3. The average molecular weight is 677 g/mol. The van der Waals surface area contributed by atoms with E-state index in [4.69, 9.17) is 0 Å². The summed E-state index contributed by atoms with van der Waals surface area (Å²) in [5.74, 6) is -6.21. The standard InChI is InChI=1S/C25H24F4IN5O3S/c1-13(2)6-8-33-25(36)17-11-15(10-14-7-9-32-24(21(14)28)35-39(37,38)31-3)20(27)22(29)23(17)34-19-5-4-16(30)12-18(19)26/h4-7,9,11-12,31,34H,8,10H2,1-3H3,(H,32,35)(H,33,36). The summed E-state index contributed by atoms with van der Waals surface area (Å²) in [7, 11) is -3.01. The topological polar surface area (TPSA) is 112 Å². The maximum Gasteiger partial charge on any atom is 0.300 e. The van der Waals surface area contributed by atoms with Crippen LogP contribution in [0.4, 0.5) is 34.8 Å². The number of benzene rings is 2. The fourth-order valence-electron chi connectivity index (χ4n) is 3.35. The van der Waals surface area contributed by atoms with Crippen molar-refractivity contribution in [2.24, 2.45) is 0 Å². The van der Waals surface area contributed by atoms with E-state index < -0.39 is 62.9 Å². The lowest BCUT2D eigenvalue weighted by Gasteiger charge is -2.17. The van der Waals surface area contributed by atoms with Gasteiger partial charge in [0.25, 0.3) is 16.1 Å². The van der Waals surface area contributed by atoms with Crippen molar-refractivity contribution in [3.8, 4) is 0 Å². The molecule has 3 aromatic rings. The quantitative estimate of drug-likeness (QED) is 0.135. The molecular weight excluding hydrogens is 653 g/mol. The Hall–Kier alpha value is -3.24. The summed E-state index contributed by atoms with van der Waals surface area (Å²) in [5, 5.41) is 5.03. The minimum atomic E-state index is -4.11. The van der Waals surface area contributed by atoms with Gasteiger partial charge in [-0.2, -0.15) is 8.42 Å². The predicted octanol–water partition coefficient (Wildman–Crippen LogP) is 5.15. The van der Waals surface area contributed by atoms with Crippen LogP contribution in [0.5, 0.6) is 0 Å². The Morgan fingerprint density at radius 3 is 2.38 bits per heavy atom. The highest BCUT2D eigenvalue weighted by molar-refractivity contribution is 14.1. The Balaban J connectivity index is 2.08. The monoisotopic (exact) mass is 677 g/mol. The number of amides is 1. The van der Waals surface area contributed by atoms with E-state index in [0.717, 1.165) is 31.0 Å². The van der Waals surface area contributed by atoms with Gasteiger partial charge in [0, 0.05) is 29.8 Å². The van der Waals surface area contributed by atoms with E-state index in [1.807, 2.05) is 45.9 Å². The molecule has 39 heavy (non-hydrogen) atoms. The van der Waals surface area contributed by atoms with Crippen LogP contribution in [0.3, 0.4) is 0 Å². The van der Waals surface area contributed by atoms with Crippen LogP contribution in [0.1, 0.15) is 35.3 Å². The number of anilines is 3. The fourth-order valence-corrected chi connectivity index (χ4v) is 4.30. The van der Waals surface area contributed by atoms with Gasteiger partial charge in [-0.05, 0) is 77.9 Å². The summed E-state index contributed by atoms with van der Waals surface area (Å²) in [5.41, 5.74) is -0.878. The van der Waals surface area contributed by atoms with Crippen LogP contribution in [0.2, 0.25) is 0 Å². The highest BCUT2D eigenvalue weighted by Gasteiger charge is 2.25. The molecule has 3 rings (SSSR count). The van der Waals surface area contributed by atoms with Gasteiger partial charge >= 0.3 is 0 Å². The number of nitrogens with one attached hydrogen (secondary N) is 4. The lowest BCUT2D eigenvalue weighted by atomic mass is 9.99. The number of nitrogens with zero attached hydrogens (tertiary/aromatic N) is 1. The number of carbonyl (C=O) groups is 1. The van der Waals surface area contributed by atoms with Crippen LogP contribution >= 0.6 is 22.6 Å². The van der Waals surface area contributed by atoms with Crippen LogP contribution in [-0.2, 0) is 16.6 Å². The lowest BCUT2D eigenvalue weighted by Crippen LogP contribution is -2.27. The molecule has 1 amide bonds. The molecule has 14 heteroatoms. The second-order valence-electron chi connectivity index (χ2n) is 8.45. The van der Waals surface area contributed by atoms with Gasteiger partial charge in [0.1, 0.15) is 5.82 Å². The van der Waals surface area contributed by atoms with Crippen molar-refractivity contribution in [1.29, 1.82) is 0 Å². The number of allylic oxidation sites excluding steroid dienone is 1. The summed E-state index contributed by atoms with van der Waals surface area (Å²) in [6.07, 6.45) is 2.23. The summed E-state index contributed by atoms with van der Waals surface area (Å²) in [4.78, 5) is 16.7. The second-order valence-corrected chi connectivity index (χ2v) is 11.3. The Bertz CT molecular complexity index is 1550. The van der Waals surface area contributed by atoms with Crippen LogP contribution in [0.25, 0.3) is 0 Å². The van der Waals surface area contributed by atoms with Crippen LogP contribution in [0.15, 0.2) is 48.2 Å². The molecule has 0 fully saturated rings. The number of hydrogen-bond donors (Lipinski definition) is 4. The first-order valence-corrected chi connectivity index (χ1v) is 13.9. The molecule has 208 valence electrons. The van der Waals surface area contributed by atoms with Gasteiger partial charge < -0.3 is 10.6 Å². The number of halogens is 5. The van der Waals surface area contributed by atoms with E-state index in [9.17, 15) is 17.6 Å². The molecule has 0 atom stereocenters. The minimum absolute atomic E-state index is 0.0841.